The maximum atomic E-state index is 13.1. The number of aromatic nitrogens is 2. The van der Waals surface area contributed by atoms with E-state index in [1.807, 2.05) is 23.1 Å². The van der Waals surface area contributed by atoms with E-state index in [4.69, 9.17) is 0 Å². The number of hydrogen-bond donors (Lipinski definition) is 2. The molecule has 0 spiro atoms. The summed E-state index contributed by atoms with van der Waals surface area (Å²) >= 11 is 0. The first kappa shape index (κ1) is 16.6. The lowest BCUT2D eigenvalue weighted by atomic mass is 10.00. The molecular formula is C20H21FN4O. The summed E-state index contributed by atoms with van der Waals surface area (Å²) in [4.78, 5) is 14.3. The molecule has 1 saturated heterocycles. The van der Waals surface area contributed by atoms with Crippen LogP contribution in [-0.2, 0) is 0 Å². The highest BCUT2D eigenvalue weighted by molar-refractivity contribution is 6.00. The van der Waals surface area contributed by atoms with E-state index in [9.17, 15) is 9.18 Å². The Morgan fingerprint density at radius 1 is 1.15 bits per heavy atom. The van der Waals surface area contributed by atoms with Crippen LogP contribution in [0.4, 0.5) is 15.0 Å². The maximum Gasteiger partial charge on any atom is 0.323 e. The number of nitrogens with zero attached hydrogens (tertiary/aromatic N) is 2. The quantitative estimate of drug-likeness (QED) is 0.706. The first-order chi connectivity index (χ1) is 12.6. The van der Waals surface area contributed by atoms with Gasteiger partial charge in [-0.2, -0.15) is 5.10 Å². The van der Waals surface area contributed by atoms with Crippen molar-refractivity contribution in [2.75, 3.05) is 18.4 Å². The molecule has 2 aromatic carbocycles. The fourth-order valence-corrected chi connectivity index (χ4v) is 3.33. The molecule has 2 amide bonds. The van der Waals surface area contributed by atoms with Crippen molar-refractivity contribution in [1.29, 1.82) is 0 Å². The van der Waals surface area contributed by atoms with E-state index in [0.29, 0.717) is 11.7 Å². The number of halogens is 1. The number of piperidine rings is 1. The number of H-pyrrole nitrogens is 1. The standard InChI is InChI=1S/C20H21FN4O/c1-13-8-10-25(11-9-13)20(26)22-19-17-7-4-15(12-18(17)23-24-19)14-2-5-16(21)6-3-14/h2-7,12-13H,8-11H2,1H3,(H2,22,23,24,26). The minimum atomic E-state index is -0.256. The van der Waals surface area contributed by atoms with Gasteiger partial charge in [0.1, 0.15) is 5.82 Å². The molecule has 0 aliphatic carbocycles. The number of amides is 2. The first-order valence-electron chi connectivity index (χ1n) is 8.90. The summed E-state index contributed by atoms with van der Waals surface area (Å²) in [6.45, 7) is 3.78. The van der Waals surface area contributed by atoms with Gasteiger partial charge < -0.3 is 4.90 Å². The number of aromatic amines is 1. The Hall–Kier alpha value is -2.89. The lowest BCUT2D eigenvalue weighted by molar-refractivity contribution is 0.186. The predicted molar refractivity (Wildman–Crippen MR) is 100 cm³/mol. The summed E-state index contributed by atoms with van der Waals surface area (Å²) in [5.74, 6) is 0.956. The van der Waals surface area contributed by atoms with Crippen LogP contribution in [0.25, 0.3) is 22.0 Å². The molecule has 1 aliphatic rings. The fourth-order valence-electron chi connectivity index (χ4n) is 3.33. The van der Waals surface area contributed by atoms with Crippen LogP contribution in [0.3, 0.4) is 0 Å². The van der Waals surface area contributed by atoms with E-state index in [0.717, 1.165) is 48.0 Å². The predicted octanol–water partition coefficient (Wildman–Crippen LogP) is 4.63. The Morgan fingerprint density at radius 3 is 2.58 bits per heavy atom. The normalized spacial score (nSPS) is 15.4. The van der Waals surface area contributed by atoms with Crippen LogP contribution < -0.4 is 5.32 Å². The minimum Gasteiger partial charge on any atom is -0.324 e. The largest absolute Gasteiger partial charge is 0.324 e. The summed E-state index contributed by atoms with van der Waals surface area (Å²) < 4.78 is 13.1. The Labute approximate surface area is 151 Å². The van der Waals surface area contributed by atoms with Gasteiger partial charge in [-0.1, -0.05) is 25.1 Å². The number of likely N-dealkylation sites (tertiary alicyclic amines) is 1. The number of urea groups is 1. The van der Waals surface area contributed by atoms with Crippen molar-refractivity contribution in [1.82, 2.24) is 15.1 Å². The number of hydrogen-bond acceptors (Lipinski definition) is 2. The zero-order valence-electron chi connectivity index (χ0n) is 14.6. The van der Waals surface area contributed by atoms with Crippen LogP contribution in [0, 0.1) is 11.7 Å². The second-order valence-electron chi connectivity index (χ2n) is 6.94. The Bertz CT molecular complexity index is 927. The van der Waals surface area contributed by atoms with Gasteiger partial charge in [0.2, 0.25) is 0 Å². The SMILES string of the molecule is CC1CCN(C(=O)Nc2n[nH]c3cc(-c4ccc(F)cc4)ccc23)CC1. The van der Waals surface area contributed by atoms with Gasteiger partial charge in [0.05, 0.1) is 5.52 Å². The molecular weight excluding hydrogens is 331 g/mol. The smallest absolute Gasteiger partial charge is 0.323 e. The van der Waals surface area contributed by atoms with Crippen LogP contribution >= 0.6 is 0 Å². The maximum absolute atomic E-state index is 13.1. The van der Waals surface area contributed by atoms with Gasteiger partial charge in [0.15, 0.2) is 5.82 Å². The second-order valence-corrected chi connectivity index (χ2v) is 6.94. The van der Waals surface area contributed by atoms with Gasteiger partial charge in [-0.15, -0.1) is 0 Å². The second kappa shape index (κ2) is 6.78. The highest BCUT2D eigenvalue weighted by Gasteiger charge is 2.21. The third-order valence-electron chi connectivity index (χ3n) is 5.04. The summed E-state index contributed by atoms with van der Waals surface area (Å²) in [6.07, 6.45) is 2.07. The third kappa shape index (κ3) is 3.27. The number of rotatable bonds is 2. The van der Waals surface area contributed by atoms with Crippen molar-refractivity contribution >= 4 is 22.8 Å². The Morgan fingerprint density at radius 2 is 1.85 bits per heavy atom. The molecule has 0 bridgehead atoms. The molecule has 6 heteroatoms. The van der Waals surface area contributed by atoms with E-state index in [1.54, 1.807) is 12.1 Å². The van der Waals surface area contributed by atoms with Gasteiger partial charge >= 0.3 is 6.03 Å². The van der Waals surface area contributed by atoms with Crippen LogP contribution in [0.5, 0.6) is 0 Å². The van der Waals surface area contributed by atoms with Crippen molar-refractivity contribution < 1.29 is 9.18 Å². The van der Waals surface area contributed by atoms with Gasteiger partial charge in [-0.25, -0.2) is 9.18 Å². The molecule has 26 heavy (non-hydrogen) atoms. The molecule has 0 radical (unpaired) electrons. The number of benzene rings is 2. The summed E-state index contributed by atoms with van der Waals surface area (Å²) in [5, 5.41) is 11.0. The number of nitrogens with one attached hydrogen (secondary N) is 2. The molecule has 1 aromatic heterocycles. The van der Waals surface area contributed by atoms with Gasteiger partial charge in [-0.3, -0.25) is 10.4 Å². The lowest BCUT2D eigenvalue weighted by Gasteiger charge is -2.30. The summed E-state index contributed by atoms with van der Waals surface area (Å²) in [6, 6.07) is 12.1. The van der Waals surface area contributed by atoms with Crippen LogP contribution in [0.2, 0.25) is 0 Å². The Balaban J connectivity index is 1.54. The zero-order chi connectivity index (χ0) is 18.1. The topological polar surface area (TPSA) is 61.0 Å². The molecule has 2 heterocycles. The van der Waals surface area contributed by atoms with Gasteiger partial charge in [-0.05, 0) is 54.2 Å². The van der Waals surface area contributed by atoms with Crippen molar-refractivity contribution in [2.24, 2.45) is 5.92 Å². The Kier molecular flexibility index (Phi) is 4.32. The monoisotopic (exact) mass is 352 g/mol. The van der Waals surface area contributed by atoms with Crippen LogP contribution in [-0.4, -0.2) is 34.2 Å². The summed E-state index contributed by atoms with van der Waals surface area (Å²) in [5.41, 5.74) is 2.72. The van der Waals surface area contributed by atoms with Crippen LogP contribution in [0.15, 0.2) is 42.5 Å². The number of carbonyl (C=O) groups excluding carboxylic acids is 1. The summed E-state index contributed by atoms with van der Waals surface area (Å²) in [7, 11) is 0. The zero-order valence-corrected chi connectivity index (χ0v) is 14.6. The molecule has 0 saturated carbocycles. The molecule has 0 unspecified atom stereocenters. The van der Waals surface area contributed by atoms with Crippen molar-refractivity contribution in [3.63, 3.8) is 0 Å². The van der Waals surface area contributed by atoms with E-state index in [1.165, 1.54) is 12.1 Å². The molecule has 4 rings (SSSR count). The van der Waals surface area contributed by atoms with Crippen LogP contribution in [0.1, 0.15) is 19.8 Å². The van der Waals surface area contributed by atoms with E-state index < -0.39 is 0 Å². The molecule has 3 aromatic rings. The fraction of sp³-hybridized carbons (Fsp3) is 0.300. The average Bonchev–Trinajstić information content (AvgIpc) is 3.05. The lowest BCUT2D eigenvalue weighted by Crippen LogP contribution is -2.40. The van der Waals surface area contributed by atoms with Crippen molar-refractivity contribution in [2.45, 2.75) is 19.8 Å². The molecule has 2 N–H and O–H groups in total. The molecule has 1 fully saturated rings. The first-order valence-corrected chi connectivity index (χ1v) is 8.90. The van der Waals surface area contributed by atoms with Crippen molar-refractivity contribution in [3.05, 3.63) is 48.3 Å². The van der Waals surface area contributed by atoms with Crippen molar-refractivity contribution in [3.8, 4) is 11.1 Å². The van der Waals surface area contributed by atoms with Gasteiger partial charge in [0.25, 0.3) is 0 Å². The van der Waals surface area contributed by atoms with E-state index in [-0.39, 0.29) is 11.8 Å². The van der Waals surface area contributed by atoms with E-state index in [2.05, 4.69) is 22.4 Å². The number of carbonyl (C=O) groups is 1. The average molecular weight is 352 g/mol. The molecule has 5 nitrogen and oxygen atoms in total. The van der Waals surface area contributed by atoms with E-state index >= 15 is 0 Å². The highest BCUT2D eigenvalue weighted by atomic mass is 19.1. The number of anilines is 1. The molecule has 134 valence electrons. The third-order valence-corrected chi connectivity index (χ3v) is 5.04. The highest BCUT2D eigenvalue weighted by Crippen LogP contribution is 2.27. The van der Waals surface area contributed by atoms with Gasteiger partial charge in [0, 0.05) is 18.5 Å². The molecule has 1 aliphatic heterocycles. The minimum absolute atomic E-state index is 0.104. The number of fused-ring (bicyclic) bond motifs is 1. The molecule has 0 atom stereocenters.